The summed E-state index contributed by atoms with van der Waals surface area (Å²) in [6.07, 6.45) is 1.51. The lowest BCUT2D eigenvalue weighted by Gasteiger charge is -2.06. The lowest BCUT2D eigenvalue weighted by atomic mass is 10.0. The first-order valence-corrected chi connectivity index (χ1v) is 6.84. The van der Waals surface area contributed by atoms with E-state index in [1.54, 1.807) is 12.1 Å². The van der Waals surface area contributed by atoms with Crippen LogP contribution in [-0.2, 0) is 6.54 Å². The van der Waals surface area contributed by atoms with Crippen molar-refractivity contribution in [2.75, 3.05) is 0 Å². The van der Waals surface area contributed by atoms with E-state index in [1.165, 1.54) is 16.5 Å². The van der Waals surface area contributed by atoms with Crippen LogP contribution >= 0.6 is 0 Å². The predicted octanol–water partition coefficient (Wildman–Crippen LogP) is 3.27. The van der Waals surface area contributed by atoms with Crippen molar-refractivity contribution < 1.29 is 8.83 Å². The van der Waals surface area contributed by atoms with E-state index < -0.39 is 5.76 Å². The topological polar surface area (TPSA) is 61.2 Å². The van der Waals surface area contributed by atoms with E-state index in [1.807, 2.05) is 12.1 Å². The Balaban J connectivity index is 1.83. The fourth-order valence-corrected chi connectivity index (χ4v) is 2.09. The number of furan rings is 1. The van der Waals surface area contributed by atoms with Gasteiger partial charge >= 0.3 is 5.76 Å². The molecule has 21 heavy (non-hydrogen) atoms. The zero-order valence-electron chi connectivity index (χ0n) is 11.9. The second-order valence-electron chi connectivity index (χ2n) is 5.20. The first kappa shape index (κ1) is 13.4. The van der Waals surface area contributed by atoms with Crippen molar-refractivity contribution in [1.82, 2.24) is 9.78 Å². The molecule has 3 rings (SSSR count). The third kappa shape index (κ3) is 2.81. The van der Waals surface area contributed by atoms with Crippen LogP contribution in [0.3, 0.4) is 0 Å². The van der Waals surface area contributed by atoms with Gasteiger partial charge in [-0.25, -0.2) is 4.79 Å². The first-order valence-electron chi connectivity index (χ1n) is 6.84. The summed E-state index contributed by atoms with van der Waals surface area (Å²) in [6, 6.07) is 11.6. The van der Waals surface area contributed by atoms with Crippen LogP contribution in [0.25, 0.3) is 11.7 Å². The monoisotopic (exact) mass is 284 g/mol. The molecule has 2 heterocycles. The maximum absolute atomic E-state index is 11.8. The molecule has 0 fully saturated rings. The smallest absolute Gasteiger partial charge is 0.437 e. The second kappa shape index (κ2) is 5.44. The molecule has 108 valence electrons. The van der Waals surface area contributed by atoms with E-state index in [0.717, 1.165) is 5.56 Å². The van der Waals surface area contributed by atoms with E-state index in [2.05, 4.69) is 31.1 Å². The van der Waals surface area contributed by atoms with E-state index in [4.69, 9.17) is 8.83 Å². The molecule has 0 aliphatic carbocycles. The summed E-state index contributed by atoms with van der Waals surface area (Å²) in [7, 11) is 0. The maximum atomic E-state index is 11.8. The van der Waals surface area contributed by atoms with Gasteiger partial charge in [0.05, 0.1) is 12.8 Å². The number of nitrogens with zero attached hydrogens (tertiary/aromatic N) is 2. The minimum absolute atomic E-state index is 0.198. The molecular formula is C16H16N2O3. The summed E-state index contributed by atoms with van der Waals surface area (Å²) in [6.45, 7) is 4.67. The van der Waals surface area contributed by atoms with Gasteiger partial charge in [0.15, 0.2) is 5.76 Å². The van der Waals surface area contributed by atoms with Gasteiger partial charge in [0.1, 0.15) is 0 Å². The fourth-order valence-electron chi connectivity index (χ4n) is 2.09. The Labute approximate surface area is 121 Å². The highest BCUT2D eigenvalue weighted by Crippen LogP contribution is 2.17. The Morgan fingerprint density at radius 3 is 2.57 bits per heavy atom. The van der Waals surface area contributed by atoms with Gasteiger partial charge in [0, 0.05) is 0 Å². The molecule has 0 aliphatic heterocycles. The Hall–Kier alpha value is -2.56. The van der Waals surface area contributed by atoms with Crippen LogP contribution in [0.4, 0.5) is 0 Å². The summed E-state index contributed by atoms with van der Waals surface area (Å²) >= 11 is 0. The minimum atomic E-state index is -0.491. The summed E-state index contributed by atoms with van der Waals surface area (Å²) in [4.78, 5) is 11.8. The number of hydrogen-bond acceptors (Lipinski definition) is 4. The zero-order chi connectivity index (χ0) is 14.8. The van der Waals surface area contributed by atoms with Crippen LogP contribution < -0.4 is 5.76 Å². The lowest BCUT2D eigenvalue weighted by molar-refractivity contribution is 0.476. The molecule has 0 radical (unpaired) electrons. The van der Waals surface area contributed by atoms with Crippen molar-refractivity contribution in [3.05, 3.63) is 64.3 Å². The third-order valence-electron chi connectivity index (χ3n) is 3.32. The summed E-state index contributed by atoms with van der Waals surface area (Å²) < 4.78 is 11.6. The van der Waals surface area contributed by atoms with Crippen LogP contribution in [0, 0.1) is 0 Å². The fraction of sp³-hybridized carbons (Fsp3) is 0.250. The average Bonchev–Trinajstić information content (AvgIpc) is 3.10. The average molecular weight is 284 g/mol. The quantitative estimate of drug-likeness (QED) is 0.737. The van der Waals surface area contributed by atoms with Gasteiger partial charge in [-0.2, -0.15) is 4.68 Å². The van der Waals surface area contributed by atoms with Crippen molar-refractivity contribution in [2.24, 2.45) is 0 Å². The largest absolute Gasteiger partial charge is 0.459 e. The highest BCUT2D eigenvalue weighted by Gasteiger charge is 2.12. The maximum Gasteiger partial charge on any atom is 0.437 e. The molecule has 0 N–H and O–H groups in total. The van der Waals surface area contributed by atoms with Gasteiger partial charge in [0.2, 0.25) is 0 Å². The van der Waals surface area contributed by atoms with Crippen LogP contribution in [-0.4, -0.2) is 9.78 Å². The molecule has 0 aliphatic rings. The summed E-state index contributed by atoms with van der Waals surface area (Å²) in [5, 5.41) is 4.15. The van der Waals surface area contributed by atoms with Gasteiger partial charge in [-0.1, -0.05) is 38.1 Å². The third-order valence-corrected chi connectivity index (χ3v) is 3.32. The Bertz CT molecular complexity index is 765. The Morgan fingerprint density at radius 2 is 1.95 bits per heavy atom. The van der Waals surface area contributed by atoms with Crippen molar-refractivity contribution in [1.29, 1.82) is 0 Å². The van der Waals surface area contributed by atoms with Crippen LogP contribution in [0.2, 0.25) is 0 Å². The normalized spacial score (nSPS) is 11.2. The SMILES string of the molecule is CC(C)c1ccc(Cn2nc(-c3ccco3)oc2=O)cc1. The molecule has 0 atom stereocenters. The van der Waals surface area contributed by atoms with Crippen molar-refractivity contribution >= 4 is 0 Å². The molecule has 2 aromatic heterocycles. The molecule has 3 aromatic rings. The minimum Gasteiger partial charge on any atom is -0.459 e. The molecule has 0 amide bonds. The van der Waals surface area contributed by atoms with Crippen LogP contribution in [0.15, 0.2) is 56.3 Å². The lowest BCUT2D eigenvalue weighted by Crippen LogP contribution is -2.16. The molecule has 0 unspecified atom stereocenters. The molecule has 0 spiro atoms. The molecular weight excluding hydrogens is 268 g/mol. The van der Waals surface area contributed by atoms with E-state index >= 15 is 0 Å². The van der Waals surface area contributed by atoms with Crippen molar-refractivity contribution in [3.8, 4) is 11.7 Å². The van der Waals surface area contributed by atoms with E-state index in [0.29, 0.717) is 18.2 Å². The van der Waals surface area contributed by atoms with Crippen molar-refractivity contribution in [2.45, 2.75) is 26.3 Å². The Kier molecular flexibility index (Phi) is 3.48. The van der Waals surface area contributed by atoms with Crippen molar-refractivity contribution in [3.63, 3.8) is 0 Å². The molecule has 5 nitrogen and oxygen atoms in total. The number of hydrogen-bond donors (Lipinski definition) is 0. The van der Waals surface area contributed by atoms with E-state index in [9.17, 15) is 4.79 Å². The van der Waals surface area contributed by atoms with Gasteiger partial charge < -0.3 is 8.83 Å². The molecule has 1 aromatic carbocycles. The second-order valence-corrected chi connectivity index (χ2v) is 5.20. The Morgan fingerprint density at radius 1 is 1.19 bits per heavy atom. The van der Waals surface area contributed by atoms with Crippen LogP contribution in [0.1, 0.15) is 30.9 Å². The van der Waals surface area contributed by atoms with Gasteiger partial charge in [-0.15, -0.1) is 5.10 Å². The number of rotatable bonds is 4. The number of benzene rings is 1. The first-order chi connectivity index (χ1) is 10.1. The molecule has 0 saturated heterocycles. The predicted molar refractivity (Wildman–Crippen MR) is 78.1 cm³/mol. The number of aromatic nitrogens is 2. The molecule has 5 heteroatoms. The highest BCUT2D eigenvalue weighted by atomic mass is 16.4. The van der Waals surface area contributed by atoms with Crippen LogP contribution in [0.5, 0.6) is 0 Å². The highest BCUT2D eigenvalue weighted by molar-refractivity contribution is 5.42. The summed E-state index contributed by atoms with van der Waals surface area (Å²) in [5.41, 5.74) is 2.27. The molecule has 0 bridgehead atoms. The zero-order valence-corrected chi connectivity index (χ0v) is 11.9. The van der Waals surface area contributed by atoms with E-state index in [-0.39, 0.29) is 5.89 Å². The summed E-state index contributed by atoms with van der Waals surface area (Å²) in [5.74, 6) is 0.638. The van der Waals surface area contributed by atoms with Gasteiger partial charge in [-0.3, -0.25) is 0 Å². The van der Waals surface area contributed by atoms with Gasteiger partial charge in [0.25, 0.3) is 5.89 Å². The molecule has 0 saturated carbocycles. The standard InChI is InChI=1S/C16H16N2O3/c1-11(2)13-7-5-12(6-8-13)10-18-16(19)21-15(17-18)14-4-3-9-20-14/h3-9,11H,10H2,1-2H3. The van der Waals surface area contributed by atoms with Gasteiger partial charge in [-0.05, 0) is 29.2 Å².